The monoisotopic (exact) mass is 425 g/mol. The van der Waals surface area contributed by atoms with Gasteiger partial charge >= 0.3 is 0 Å². The molecule has 1 heterocycles. The lowest BCUT2D eigenvalue weighted by atomic mass is 10.2. The third kappa shape index (κ3) is 4.94. The second-order valence-corrected chi connectivity index (χ2v) is 8.15. The summed E-state index contributed by atoms with van der Waals surface area (Å²) in [7, 11) is -3.74. The molecule has 0 bridgehead atoms. The molecule has 0 fully saturated rings. The van der Waals surface area contributed by atoms with Gasteiger partial charge in [0, 0.05) is 12.3 Å². The van der Waals surface area contributed by atoms with Crippen molar-refractivity contribution >= 4 is 39.0 Å². The van der Waals surface area contributed by atoms with Gasteiger partial charge in [0.25, 0.3) is 10.0 Å². The van der Waals surface area contributed by atoms with E-state index < -0.39 is 10.0 Å². The number of hydrogen-bond acceptors (Lipinski definition) is 4. The van der Waals surface area contributed by atoms with Crippen molar-refractivity contribution in [1.82, 2.24) is 9.78 Å². The molecule has 0 aliphatic carbocycles. The number of aromatic nitrogens is 2. The minimum Gasteiger partial charge on any atom is -0.494 e. The van der Waals surface area contributed by atoms with E-state index in [-0.39, 0.29) is 10.7 Å². The summed E-state index contributed by atoms with van der Waals surface area (Å²) in [5.74, 6) is 0.839. The van der Waals surface area contributed by atoms with Crippen LogP contribution in [0.15, 0.2) is 59.6 Å². The highest BCUT2D eigenvalue weighted by Crippen LogP contribution is 2.23. The largest absolute Gasteiger partial charge is 0.494 e. The summed E-state index contributed by atoms with van der Waals surface area (Å²) in [6.45, 7) is 2.81. The summed E-state index contributed by atoms with van der Waals surface area (Å²) in [6.07, 6.45) is 1.68. The van der Waals surface area contributed by atoms with Crippen LogP contribution in [0.1, 0.15) is 12.5 Å². The molecule has 0 saturated carbocycles. The summed E-state index contributed by atoms with van der Waals surface area (Å²) >= 11 is 11.9. The fourth-order valence-electron chi connectivity index (χ4n) is 2.41. The average molecular weight is 426 g/mol. The molecular formula is C18H17Cl2N3O3S. The van der Waals surface area contributed by atoms with Crippen molar-refractivity contribution < 1.29 is 13.2 Å². The summed E-state index contributed by atoms with van der Waals surface area (Å²) < 4.78 is 34.4. The highest BCUT2D eigenvalue weighted by Gasteiger charge is 2.16. The molecule has 9 heteroatoms. The number of sulfonamides is 1. The van der Waals surface area contributed by atoms with E-state index in [1.165, 1.54) is 12.1 Å². The predicted octanol–water partition coefficient (Wildman–Crippen LogP) is 4.44. The van der Waals surface area contributed by atoms with Crippen LogP contribution in [0, 0.1) is 0 Å². The van der Waals surface area contributed by atoms with Gasteiger partial charge in [0.15, 0.2) is 5.82 Å². The lowest BCUT2D eigenvalue weighted by molar-refractivity contribution is 0.340. The molecule has 0 saturated heterocycles. The van der Waals surface area contributed by atoms with Crippen molar-refractivity contribution in [3.05, 3.63) is 70.3 Å². The molecule has 0 spiro atoms. The molecule has 3 rings (SSSR count). The molecule has 0 aliphatic heterocycles. The first kappa shape index (κ1) is 19.5. The van der Waals surface area contributed by atoms with E-state index in [4.69, 9.17) is 27.9 Å². The fraction of sp³-hybridized carbons (Fsp3) is 0.167. The van der Waals surface area contributed by atoms with Crippen LogP contribution in [-0.4, -0.2) is 24.8 Å². The van der Waals surface area contributed by atoms with Crippen LogP contribution >= 0.6 is 23.2 Å². The summed E-state index contributed by atoms with van der Waals surface area (Å²) in [6, 6.07) is 13.1. The SMILES string of the molecule is CCOc1ccc(S(=O)(=O)Nc2ccn(Cc3ccc(Cl)c(Cl)c3)n2)cc1. The summed E-state index contributed by atoms with van der Waals surface area (Å²) in [5.41, 5.74) is 0.897. The Labute approximate surface area is 167 Å². The fourth-order valence-corrected chi connectivity index (χ4v) is 3.72. The Morgan fingerprint density at radius 2 is 1.81 bits per heavy atom. The summed E-state index contributed by atoms with van der Waals surface area (Å²) in [4.78, 5) is 0.130. The zero-order valence-electron chi connectivity index (χ0n) is 14.4. The van der Waals surface area contributed by atoms with Crippen LogP contribution in [0.25, 0.3) is 0 Å². The number of rotatable bonds is 7. The number of nitrogens with one attached hydrogen (secondary N) is 1. The number of halogens is 2. The zero-order valence-corrected chi connectivity index (χ0v) is 16.7. The molecule has 0 aliphatic rings. The highest BCUT2D eigenvalue weighted by atomic mass is 35.5. The van der Waals surface area contributed by atoms with Gasteiger partial charge in [-0.05, 0) is 48.9 Å². The predicted molar refractivity (Wildman–Crippen MR) is 106 cm³/mol. The number of ether oxygens (including phenoxy) is 1. The molecule has 0 radical (unpaired) electrons. The molecule has 142 valence electrons. The first-order chi connectivity index (χ1) is 12.9. The molecule has 3 aromatic rings. The Balaban J connectivity index is 1.71. The maximum Gasteiger partial charge on any atom is 0.263 e. The lowest BCUT2D eigenvalue weighted by Gasteiger charge is -2.07. The van der Waals surface area contributed by atoms with Crippen molar-refractivity contribution in [2.75, 3.05) is 11.3 Å². The van der Waals surface area contributed by atoms with E-state index in [0.29, 0.717) is 28.9 Å². The van der Waals surface area contributed by atoms with Crippen LogP contribution in [0.2, 0.25) is 10.0 Å². The molecular weight excluding hydrogens is 409 g/mol. The van der Waals surface area contributed by atoms with Crippen molar-refractivity contribution in [2.45, 2.75) is 18.4 Å². The molecule has 27 heavy (non-hydrogen) atoms. The van der Waals surface area contributed by atoms with E-state index in [9.17, 15) is 8.42 Å². The van der Waals surface area contributed by atoms with Gasteiger partial charge in [0.1, 0.15) is 5.75 Å². The van der Waals surface area contributed by atoms with Crippen LogP contribution in [0.5, 0.6) is 5.75 Å². The first-order valence-corrected chi connectivity index (χ1v) is 10.3. The number of benzene rings is 2. The molecule has 0 atom stereocenters. The highest BCUT2D eigenvalue weighted by molar-refractivity contribution is 7.92. The van der Waals surface area contributed by atoms with Gasteiger partial charge in [-0.1, -0.05) is 29.3 Å². The van der Waals surface area contributed by atoms with E-state index in [1.807, 2.05) is 13.0 Å². The standard InChI is InChI=1S/C18H17Cl2N3O3S/c1-2-26-14-4-6-15(7-5-14)27(24,25)22-18-9-10-23(21-18)12-13-3-8-16(19)17(20)11-13/h3-11H,2,12H2,1H3,(H,21,22). The van der Waals surface area contributed by atoms with E-state index >= 15 is 0 Å². The second kappa shape index (κ2) is 8.21. The Morgan fingerprint density at radius 3 is 2.48 bits per heavy atom. The van der Waals surface area contributed by atoms with Crippen molar-refractivity contribution in [1.29, 1.82) is 0 Å². The Hall–Kier alpha value is -2.22. The molecule has 6 nitrogen and oxygen atoms in total. The molecule has 0 amide bonds. The normalized spacial score (nSPS) is 11.4. The zero-order chi connectivity index (χ0) is 19.4. The average Bonchev–Trinajstić information content (AvgIpc) is 3.05. The minimum absolute atomic E-state index is 0.130. The molecule has 1 aromatic heterocycles. The maximum atomic E-state index is 12.5. The van der Waals surface area contributed by atoms with Crippen LogP contribution in [0.3, 0.4) is 0 Å². The molecule has 1 N–H and O–H groups in total. The van der Waals surface area contributed by atoms with Gasteiger partial charge in [0.05, 0.1) is 28.1 Å². The van der Waals surface area contributed by atoms with Gasteiger partial charge in [-0.2, -0.15) is 5.10 Å². The molecule has 0 unspecified atom stereocenters. The van der Waals surface area contributed by atoms with E-state index in [1.54, 1.807) is 41.2 Å². The quantitative estimate of drug-likeness (QED) is 0.607. The van der Waals surface area contributed by atoms with E-state index in [2.05, 4.69) is 9.82 Å². The minimum atomic E-state index is -3.74. The number of hydrogen-bond donors (Lipinski definition) is 1. The van der Waals surface area contributed by atoms with Gasteiger partial charge in [0.2, 0.25) is 0 Å². The van der Waals surface area contributed by atoms with Crippen molar-refractivity contribution in [2.24, 2.45) is 0 Å². The lowest BCUT2D eigenvalue weighted by Crippen LogP contribution is -2.13. The Bertz CT molecular complexity index is 1030. The maximum absolute atomic E-state index is 12.5. The van der Waals surface area contributed by atoms with Gasteiger partial charge in [-0.3, -0.25) is 9.40 Å². The first-order valence-electron chi connectivity index (χ1n) is 8.10. The van der Waals surface area contributed by atoms with Gasteiger partial charge in [-0.15, -0.1) is 0 Å². The van der Waals surface area contributed by atoms with Crippen LogP contribution < -0.4 is 9.46 Å². The second-order valence-electron chi connectivity index (χ2n) is 5.66. The van der Waals surface area contributed by atoms with E-state index in [0.717, 1.165) is 5.56 Å². The summed E-state index contributed by atoms with van der Waals surface area (Å²) in [5, 5.41) is 5.17. The molecule has 2 aromatic carbocycles. The Morgan fingerprint density at radius 1 is 1.07 bits per heavy atom. The number of nitrogens with zero attached hydrogens (tertiary/aromatic N) is 2. The smallest absolute Gasteiger partial charge is 0.263 e. The Kier molecular flexibility index (Phi) is 5.94. The third-order valence-electron chi connectivity index (χ3n) is 3.65. The topological polar surface area (TPSA) is 73.2 Å². The van der Waals surface area contributed by atoms with Crippen molar-refractivity contribution in [3.63, 3.8) is 0 Å². The van der Waals surface area contributed by atoms with Gasteiger partial charge in [-0.25, -0.2) is 8.42 Å². The van der Waals surface area contributed by atoms with Crippen LogP contribution in [-0.2, 0) is 16.6 Å². The third-order valence-corrected chi connectivity index (χ3v) is 5.76. The van der Waals surface area contributed by atoms with Crippen LogP contribution in [0.4, 0.5) is 5.82 Å². The van der Waals surface area contributed by atoms with Crippen molar-refractivity contribution in [3.8, 4) is 5.75 Å². The van der Waals surface area contributed by atoms with Gasteiger partial charge < -0.3 is 4.74 Å². The number of anilines is 1.